The van der Waals surface area contributed by atoms with E-state index in [4.69, 9.17) is 4.52 Å². The van der Waals surface area contributed by atoms with Crippen molar-refractivity contribution in [1.82, 2.24) is 30.7 Å². The fourth-order valence-corrected chi connectivity index (χ4v) is 4.84. The highest BCUT2D eigenvalue weighted by Gasteiger charge is 2.16. The Morgan fingerprint density at radius 1 is 0.833 bits per heavy atom. The fraction of sp³-hybridized carbons (Fsp3) is 0.133. The second kappa shape index (κ2) is 12.4. The van der Waals surface area contributed by atoms with E-state index in [0.29, 0.717) is 29.0 Å². The third kappa shape index (κ3) is 6.34. The molecule has 0 fully saturated rings. The fourth-order valence-electron chi connectivity index (χ4n) is 4.13. The lowest BCUT2D eigenvalue weighted by molar-refractivity contribution is 0.0939. The minimum atomic E-state index is -0.388. The maximum absolute atomic E-state index is 12.2. The summed E-state index contributed by atoms with van der Waals surface area (Å²) in [4.78, 5) is 36.8. The standard InChI is InChI=1S/C15H13N3O3.C15H13N3O2S/c1-9-7-11(18-21-9)8-17-15(20)12-5-4-10-3-2-6-16-13(10)14(12)19;1-9-8-21-12(18-9)7-17-15(20)11-5-4-10-3-2-6-16-13(10)14(11)19/h2-7,19H,8H2,1H3,(H,17,20);2-6,8,19H,7H2,1H3,(H,17,20). The number of hydrogen-bond donors (Lipinski definition) is 4. The van der Waals surface area contributed by atoms with Crippen LogP contribution in [0.4, 0.5) is 0 Å². The molecule has 11 nitrogen and oxygen atoms in total. The van der Waals surface area contributed by atoms with Gasteiger partial charge in [0.1, 0.15) is 27.5 Å². The van der Waals surface area contributed by atoms with Crippen molar-refractivity contribution in [3.63, 3.8) is 0 Å². The molecule has 4 aromatic heterocycles. The van der Waals surface area contributed by atoms with Gasteiger partial charge >= 0.3 is 0 Å². The van der Waals surface area contributed by atoms with Crippen molar-refractivity contribution < 1.29 is 24.3 Å². The number of carbonyl (C=O) groups excluding carboxylic acids is 2. The van der Waals surface area contributed by atoms with E-state index in [1.807, 2.05) is 24.4 Å². The lowest BCUT2D eigenvalue weighted by Crippen LogP contribution is -2.23. The minimum absolute atomic E-state index is 0.0964. The molecule has 0 radical (unpaired) electrons. The third-order valence-electron chi connectivity index (χ3n) is 6.16. The number of phenolic OH excluding ortho intramolecular Hbond substituents is 2. The number of aromatic hydroxyl groups is 2. The number of nitrogens with one attached hydrogen (secondary N) is 2. The molecule has 0 saturated carbocycles. The number of aromatic nitrogens is 4. The molecule has 0 bridgehead atoms. The van der Waals surface area contributed by atoms with Gasteiger partial charge < -0.3 is 25.4 Å². The molecule has 2 aromatic carbocycles. The number of amides is 2. The normalized spacial score (nSPS) is 10.7. The van der Waals surface area contributed by atoms with Gasteiger partial charge in [-0.1, -0.05) is 29.4 Å². The first kappa shape index (κ1) is 28.2. The number of aryl methyl sites for hydroxylation is 2. The minimum Gasteiger partial charge on any atom is -0.505 e. The first-order valence-corrected chi connectivity index (χ1v) is 13.7. The summed E-state index contributed by atoms with van der Waals surface area (Å²) >= 11 is 1.49. The maximum atomic E-state index is 12.2. The Hall–Kier alpha value is -5.36. The van der Waals surface area contributed by atoms with Crippen LogP contribution in [0.2, 0.25) is 0 Å². The zero-order valence-electron chi connectivity index (χ0n) is 22.7. The lowest BCUT2D eigenvalue weighted by Gasteiger charge is -2.07. The predicted octanol–water partition coefficient (Wildman–Crippen LogP) is 4.80. The smallest absolute Gasteiger partial charge is 0.255 e. The third-order valence-corrected chi connectivity index (χ3v) is 7.13. The molecule has 4 heterocycles. The Bertz CT molecular complexity index is 1760. The Labute approximate surface area is 243 Å². The van der Waals surface area contributed by atoms with Crippen LogP contribution in [0.1, 0.15) is 42.9 Å². The molecule has 6 aromatic rings. The van der Waals surface area contributed by atoms with Gasteiger partial charge in [-0.25, -0.2) is 4.98 Å². The van der Waals surface area contributed by atoms with Crippen LogP contribution in [-0.2, 0) is 13.1 Å². The van der Waals surface area contributed by atoms with Crippen molar-refractivity contribution in [3.8, 4) is 11.5 Å². The number of thiazole rings is 1. The Kier molecular flexibility index (Phi) is 8.34. The number of hydrogen-bond acceptors (Lipinski definition) is 10. The van der Waals surface area contributed by atoms with Crippen molar-refractivity contribution in [2.24, 2.45) is 0 Å². The van der Waals surface area contributed by atoms with E-state index in [9.17, 15) is 19.8 Å². The highest BCUT2D eigenvalue weighted by Crippen LogP contribution is 2.27. The molecule has 42 heavy (non-hydrogen) atoms. The molecule has 212 valence electrons. The van der Waals surface area contributed by atoms with Crippen LogP contribution in [0.3, 0.4) is 0 Å². The molecule has 6 rings (SSSR count). The van der Waals surface area contributed by atoms with Gasteiger partial charge in [-0.3, -0.25) is 19.6 Å². The van der Waals surface area contributed by atoms with Crippen LogP contribution in [0.15, 0.2) is 76.9 Å². The van der Waals surface area contributed by atoms with Crippen LogP contribution >= 0.6 is 11.3 Å². The number of fused-ring (bicyclic) bond motifs is 2. The van der Waals surface area contributed by atoms with Crippen molar-refractivity contribution in [1.29, 1.82) is 0 Å². The molecule has 0 spiro atoms. The van der Waals surface area contributed by atoms with Crippen molar-refractivity contribution >= 4 is 45.0 Å². The molecule has 0 aliphatic carbocycles. The van der Waals surface area contributed by atoms with Crippen LogP contribution < -0.4 is 10.6 Å². The van der Waals surface area contributed by atoms with Crippen LogP contribution in [0.5, 0.6) is 11.5 Å². The average Bonchev–Trinajstić information content (AvgIpc) is 3.62. The Balaban J connectivity index is 0.000000168. The average molecular weight is 583 g/mol. The quantitative estimate of drug-likeness (QED) is 0.216. The number of benzene rings is 2. The van der Waals surface area contributed by atoms with Gasteiger partial charge in [-0.2, -0.15) is 0 Å². The van der Waals surface area contributed by atoms with Crippen LogP contribution in [0, 0.1) is 13.8 Å². The zero-order valence-corrected chi connectivity index (χ0v) is 23.5. The molecule has 2 amide bonds. The summed E-state index contributed by atoms with van der Waals surface area (Å²) in [7, 11) is 0. The van der Waals surface area contributed by atoms with Crippen molar-refractivity contribution in [2.75, 3.05) is 0 Å². The van der Waals surface area contributed by atoms with E-state index in [2.05, 4.69) is 30.7 Å². The van der Waals surface area contributed by atoms with E-state index in [1.165, 1.54) is 11.3 Å². The van der Waals surface area contributed by atoms with E-state index in [0.717, 1.165) is 21.5 Å². The lowest BCUT2D eigenvalue weighted by atomic mass is 10.1. The SMILES string of the molecule is Cc1cc(CNC(=O)c2ccc3cccnc3c2O)no1.Cc1csc(CNC(=O)c2ccc3cccnc3c2O)n1. The number of pyridine rings is 2. The summed E-state index contributed by atoms with van der Waals surface area (Å²) in [6, 6.07) is 15.6. The summed E-state index contributed by atoms with van der Waals surface area (Å²) in [6.45, 7) is 4.26. The summed E-state index contributed by atoms with van der Waals surface area (Å²) in [5.41, 5.74) is 2.79. The Morgan fingerprint density at radius 2 is 1.40 bits per heavy atom. The summed E-state index contributed by atoms with van der Waals surface area (Å²) in [5, 5.41) is 33.9. The number of phenols is 2. The van der Waals surface area contributed by atoms with Crippen LogP contribution in [-0.4, -0.2) is 42.1 Å². The summed E-state index contributed by atoms with van der Waals surface area (Å²) in [6.07, 6.45) is 3.16. The van der Waals surface area contributed by atoms with E-state index in [-0.39, 0.29) is 41.0 Å². The number of carbonyl (C=O) groups is 2. The first-order valence-electron chi connectivity index (χ1n) is 12.8. The molecular formula is C30H26N6O5S. The second-order valence-corrected chi connectivity index (χ2v) is 10.2. The Morgan fingerprint density at radius 3 is 1.90 bits per heavy atom. The van der Waals surface area contributed by atoms with E-state index < -0.39 is 0 Å². The molecule has 0 saturated heterocycles. The summed E-state index contributed by atoms with van der Waals surface area (Å²) < 4.78 is 4.92. The first-order chi connectivity index (χ1) is 20.3. The molecule has 12 heteroatoms. The molecule has 0 aliphatic heterocycles. The van der Waals surface area contributed by atoms with Gasteiger partial charge in [0.2, 0.25) is 0 Å². The second-order valence-electron chi connectivity index (χ2n) is 9.25. The zero-order chi connectivity index (χ0) is 29.6. The molecule has 0 unspecified atom stereocenters. The highest BCUT2D eigenvalue weighted by molar-refractivity contribution is 7.09. The molecule has 0 atom stereocenters. The summed E-state index contributed by atoms with van der Waals surface area (Å²) in [5.74, 6) is -0.270. The van der Waals surface area contributed by atoms with Crippen molar-refractivity contribution in [3.05, 3.63) is 106 Å². The largest absolute Gasteiger partial charge is 0.505 e. The topological polar surface area (TPSA) is 163 Å². The number of rotatable bonds is 6. The van der Waals surface area contributed by atoms with Gasteiger partial charge in [0, 0.05) is 40.3 Å². The monoisotopic (exact) mass is 582 g/mol. The van der Waals surface area contributed by atoms with Gasteiger partial charge in [0.05, 0.1) is 24.2 Å². The highest BCUT2D eigenvalue weighted by atomic mass is 32.1. The number of nitrogens with zero attached hydrogens (tertiary/aromatic N) is 4. The van der Waals surface area contributed by atoms with Gasteiger partial charge in [0.25, 0.3) is 11.8 Å². The van der Waals surface area contributed by atoms with Crippen LogP contribution in [0.25, 0.3) is 21.8 Å². The van der Waals surface area contributed by atoms with Gasteiger partial charge in [-0.15, -0.1) is 11.3 Å². The molecular weight excluding hydrogens is 556 g/mol. The predicted molar refractivity (Wildman–Crippen MR) is 157 cm³/mol. The van der Waals surface area contributed by atoms with Gasteiger partial charge in [0.15, 0.2) is 11.5 Å². The van der Waals surface area contributed by atoms with E-state index in [1.54, 1.807) is 61.8 Å². The molecule has 0 aliphatic rings. The molecule has 4 N–H and O–H groups in total. The maximum Gasteiger partial charge on any atom is 0.255 e. The van der Waals surface area contributed by atoms with Crippen molar-refractivity contribution in [2.45, 2.75) is 26.9 Å². The van der Waals surface area contributed by atoms with E-state index >= 15 is 0 Å². The van der Waals surface area contributed by atoms with Gasteiger partial charge in [-0.05, 0) is 38.1 Å².